The number of allylic oxidation sites excluding steroid dienone is 1. The first-order valence-electron chi connectivity index (χ1n) is 14.7. The molecular formula is C33H38FNO2. The molecule has 2 bridgehead atoms. The average molecular weight is 500 g/mol. The number of ether oxygens (including phenoxy) is 1. The van der Waals surface area contributed by atoms with Crippen LogP contribution < -0.4 is 0 Å². The second-order valence-corrected chi connectivity index (χ2v) is 13.5. The van der Waals surface area contributed by atoms with E-state index in [1.54, 1.807) is 0 Å². The van der Waals surface area contributed by atoms with Crippen molar-refractivity contribution in [2.24, 2.45) is 11.3 Å². The van der Waals surface area contributed by atoms with Crippen molar-refractivity contribution in [3.05, 3.63) is 76.5 Å². The van der Waals surface area contributed by atoms with E-state index in [4.69, 9.17) is 4.74 Å². The number of benzene rings is 2. The average Bonchev–Trinajstić information content (AvgIpc) is 3.55. The molecular weight excluding hydrogens is 461 g/mol. The minimum Gasteiger partial charge on any atom is -0.633 e. The van der Waals surface area contributed by atoms with Crippen LogP contribution >= 0.6 is 0 Å². The van der Waals surface area contributed by atoms with Gasteiger partial charge in [-0.1, -0.05) is 61.5 Å². The number of fused-ring (bicyclic) bond motifs is 2. The summed E-state index contributed by atoms with van der Waals surface area (Å²) in [5.41, 5.74) is 3.96. The van der Waals surface area contributed by atoms with Gasteiger partial charge in [0.2, 0.25) is 0 Å². The number of halogens is 1. The highest BCUT2D eigenvalue weighted by Crippen LogP contribution is 2.69. The lowest BCUT2D eigenvalue weighted by molar-refractivity contribution is -0.896. The quantitative estimate of drug-likeness (QED) is 0.316. The molecule has 0 N–H and O–H groups in total. The first-order chi connectivity index (χ1) is 17.8. The van der Waals surface area contributed by atoms with E-state index in [0.717, 1.165) is 38.5 Å². The van der Waals surface area contributed by atoms with Crippen molar-refractivity contribution < 1.29 is 13.8 Å². The molecule has 2 aromatic rings. The van der Waals surface area contributed by atoms with Crippen LogP contribution in [0.25, 0.3) is 10.8 Å². The Labute approximate surface area is 219 Å². The van der Waals surface area contributed by atoms with Gasteiger partial charge in [-0.3, -0.25) is 0 Å². The van der Waals surface area contributed by atoms with Gasteiger partial charge in [0.05, 0.1) is 23.8 Å². The molecule has 2 unspecified atom stereocenters. The fraction of sp³-hybridized carbons (Fsp3) is 0.576. The Balaban J connectivity index is 1.14. The van der Waals surface area contributed by atoms with Crippen LogP contribution in [0.3, 0.4) is 0 Å². The summed E-state index contributed by atoms with van der Waals surface area (Å²) in [7, 11) is 0. The zero-order valence-corrected chi connectivity index (χ0v) is 21.9. The van der Waals surface area contributed by atoms with Gasteiger partial charge in [0.15, 0.2) is 6.17 Å². The van der Waals surface area contributed by atoms with Gasteiger partial charge in [-0.2, -0.15) is 0 Å². The van der Waals surface area contributed by atoms with Gasteiger partial charge >= 0.3 is 0 Å². The SMILES string of the molecule is C[C@]12CC=C3C=C4CC[C@@H]([N+]5([O-])CCC(F)C5)C[C@]45CC[C@]3(O5)[C@@H]1CC[C@@H]2c1ccc2ccccc2c1. The minimum atomic E-state index is -0.937. The third-order valence-electron chi connectivity index (χ3n) is 11.8. The Kier molecular flexibility index (Phi) is 4.68. The first kappa shape index (κ1) is 22.9. The highest BCUT2D eigenvalue weighted by atomic mass is 19.1. The van der Waals surface area contributed by atoms with Crippen molar-refractivity contribution in [2.75, 3.05) is 13.1 Å². The molecule has 3 aliphatic carbocycles. The lowest BCUT2D eigenvalue weighted by atomic mass is 9.58. The summed E-state index contributed by atoms with van der Waals surface area (Å²) < 4.78 is 21.2. The summed E-state index contributed by atoms with van der Waals surface area (Å²) in [5, 5.41) is 16.3. The predicted molar refractivity (Wildman–Crippen MR) is 145 cm³/mol. The summed E-state index contributed by atoms with van der Waals surface area (Å²) >= 11 is 0. The van der Waals surface area contributed by atoms with Crippen LogP contribution in [0.5, 0.6) is 0 Å². The Morgan fingerprint density at radius 3 is 2.73 bits per heavy atom. The van der Waals surface area contributed by atoms with E-state index in [9.17, 15) is 9.60 Å². The minimum absolute atomic E-state index is 0.0255. The summed E-state index contributed by atoms with van der Waals surface area (Å²) in [4.78, 5) is 0. The smallest absolute Gasteiger partial charge is 0.154 e. The molecule has 6 aliphatic rings. The maximum Gasteiger partial charge on any atom is 0.154 e. The highest BCUT2D eigenvalue weighted by Gasteiger charge is 2.67. The van der Waals surface area contributed by atoms with Gasteiger partial charge in [-0.15, -0.1) is 0 Å². The van der Waals surface area contributed by atoms with Gasteiger partial charge < -0.3 is 14.6 Å². The topological polar surface area (TPSA) is 32.3 Å². The summed E-state index contributed by atoms with van der Waals surface area (Å²) in [6, 6.07) is 15.8. The molecule has 0 amide bonds. The summed E-state index contributed by atoms with van der Waals surface area (Å²) in [6.07, 6.45) is 12.6. The number of hydrogen-bond acceptors (Lipinski definition) is 2. The molecule has 3 heterocycles. The third-order valence-corrected chi connectivity index (χ3v) is 11.8. The number of likely N-dealkylation sites (tertiary alicyclic amines) is 1. The first-order valence-corrected chi connectivity index (χ1v) is 14.7. The second kappa shape index (κ2) is 7.55. The van der Waals surface area contributed by atoms with Crippen molar-refractivity contribution >= 4 is 10.8 Å². The predicted octanol–water partition coefficient (Wildman–Crippen LogP) is 7.51. The normalized spacial score (nSPS) is 46.2. The Bertz CT molecular complexity index is 1350. The third kappa shape index (κ3) is 3.04. The van der Waals surface area contributed by atoms with E-state index in [2.05, 4.69) is 61.5 Å². The molecule has 8 rings (SSSR count). The van der Waals surface area contributed by atoms with E-state index in [1.807, 2.05) is 0 Å². The number of quaternary nitrogens is 1. The Morgan fingerprint density at radius 2 is 1.89 bits per heavy atom. The van der Waals surface area contributed by atoms with Gasteiger partial charge in [0.25, 0.3) is 0 Å². The Hall–Kier alpha value is -2.01. The molecule has 2 aromatic carbocycles. The summed E-state index contributed by atoms with van der Waals surface area (Å²) in [6.45, 7) is 3.10. The Morgan fingerprint density at radius 1 is 1.03 bits per heavy atom. The van der Waals surface area contributed by atoms with Crippen molar-refractivity contribution in [2.45, 2.75) is 94.0 Å². The summed E-state index contributed by atoms with van der Waals surface area (Å²) in [5.74, 6) is 1.02. The standard InChI is InChI=1S/C33H38FNO2/c1-31-14-12-26-19-25-8-9-28(35(36)17-13-27(34)21-35)20-32(25)15-16-33(26,37-32)30(31)11-10-29(31)24-7-6-22-4-2-3-5-23(22)18-24/h2-7,12,18-19,27-30H,8-11,13-17,20-21H2,1H3/t27?,28-,29-,30-,31-,32-,33-,35?/m1/s1. The van der Waals surface area contributed by atoms with E-state index in [0.29, 0.717) is 24.8 Å². The van der Waals surface area contributed by atoms with E-state index in [1.165, 1.54) is 40.3 Å². The maximum absolute atomic E-state index is 14.1. The van der Waals surface area contributed by atoms with Crippen molar-refractivity contribution in [3.8, 4) is 0 Å². The van der Waals surface area contributed by atoms with Crippen molar-refractivity contribution in [1.82, 2.24) is 0 Å². The van der Waals surface area contributed by atoms with Crippen LogP contribution in [0.15, 0.2) is 65.8 Å². The van der Waals surface area contributed by atoms with Crippen LogP contribution in [0.1, 0.15) is 76.2 Å². The molecule has 0 radical (unpaired) electrons. The largest absolute Gasteiger partial charge is 0.633 e. The zero-order valence-electron chi connectivity index (χ0n) is 21.9. The van der Waals surface area contributed by atoms with E-state index in [-0.39, 0.29) is 33.9 Å². The number of nitrogens with zero attached hydrogens (tertiary/aromatic N) is 1. The molecule has 4 fully saturated rings. The molecule has 37 heavy (non-hydrogen) atoms. The number of hydroxylamine groups is 3. The molecule has 194 valence electrons. The number of rotatable bonds is 2. The van der Waals surface area contributed by atoms with Crippen LogP contribution in [0.4, 0.5) is 4.39 Å². The molecule has 2 saturated carbocycles. The zero-order chi connectivity index (χ0) is 25.0. The monoisotopic (exact) mass is 499 g/mol. The van der Waals surface area contributed by atoms with Crippen molar-refractivity contribution in [1.29, 1.82) is 0 Å². The van der Waals surface area contributed by atoms with Crippen LogP contribution in [-0.2, 0) is 4.74 Å². The van der Waals surface area contributed by atoms with Gasteiger partial charge in [-0.05, 0) is 83.3 Å². The molecule has 0 aromatic heterocycles. The molecule has 3 aliphatic heterocycles. The number of alkyl halides is 1. The second-order valence-electron chi connectivity index (χ2n) is 13.5. The molecule has 2 spiro atoms. The molecule has 4 heteroatoms. The molecule has 3 nitrogen and oxygen atoms in total. The number of hydrogen-bond donors (Lipinski definition) is 0. The molecule has 8 atom stereocenters. The van der Waals surface area contributed by atoms with Crippen LogP contribution in [-0.4, -0.2) is 41.2 Å². The van der Waals surface area contributed by atoms with Crippen molar-refractivity contribution in [3.63, 3.8) is 0 Å². The lowest BCUT2D eigenvalue weighted by Gasteiger charge is -2.56. The van der Waals surface area contributed by atoms with Crippen LogP contribution in [0.2, 0.25) is 0 Å². The van der Waals surface area contributed by atoms with Gasteiger partial charge in [-0.25, -0.2) is 4.39 Å². The van der Waals surface area contributed by atoms with Gasteiger partial charge in [0.1, 0.15) is 6.54 Å². The van der Waals surface area contributed by atoms with Gasteiger partial charge in [0, 0.05) is 19.3 Å². The van der Waals surface area contributed by atoms with Crippen LogP contribution in [0, 0.1) is 16.5 Å². The lowest BCUT2D eigenvalue weighted by Crippen LogP contribution is -2.58. The van der Waals surface area contributed by atoms with E-state index >= 15 is 0 Å². The fourth-order valence-corrected chi connectivity index (χ4v) is 9.96. The van der Waals surface area contributed by atoms with E-state index < -0.39 is 6.17 Å². The molecule has 2 saturated heterocycles. The maximum atomic E-state index is 14.1. The fourth-order valence-electron chi connectivity index (χ4n) is 9.96. The highest BCUT2D eigenvalue weighted by molar-refractivity contribution is 5.83.